The number of aryl methyl sites for hydroxylation is 1. The normalized spacial score (nSPS) is 11.5. The molecule has 1 heterocycles. The molecule has 8 heteroatoms. The summed E-state index contributed by atoms with van der Waals surface area (Å²) in [6.45, 7) is 2.50. The van der Waals surface area contributed by atoms with Gasteiger partial charge in [-0.1, -0.05) is 23.4 Å². The van der Waals surface area contributed by atoms with Crippen LogP contribution in [0.15, 0.2) is 28.8 Å². The summed E-state index contributed by atoms with van der Waals surface area (Å²) >= 11 is 0. The average molecular weight is 355 g/mol. The molecule has 0 radical (unpaired) electrons. The van der Waals surface area contributed by atoms with Crippen LogP contribution >= 0.6 is 12.4 Å². The summed E-state index contributed by atoms with van der Waals surface area (Å²) in [6, 6.07) is 6.96. The van der Waals surface area contributed by atoms with E-state index in [1.807, 2.05) is 31.3 Å². The second-order valence-corrected chi connectivity index (χ2v) is 5.12. The zero-order valence-corrected chi connectivity index (χ0v) is 14.9. The number of methoxy groups -OCH3 is 1. The van der Waals surface area contributed by atoms with Crippen molar-refractivity contribution in [1.82, 2.24) is 20.8 Å². The first-order chi connectivity index (χ1) is 11.2. The Kier molecular flexibility index (Phi) is 8.21. The molecule has 0 bridgehead atoms. The molecule has 1 unspecified atom stereocenters. The Hall–Kier alpha value is -2.12. The molecular formula is C16H23ClN4O3. The number of amides is 1. The fraction of sp³-hybridized carbons (Fsp3) is 0.438. The summed E-state index contributed by atoms with van der Waals surface area (Å²) in [7, 11) is 3.45. The zero-order valence-electron chi connectivity index (χ0n) is 14.0. The number of carbonyl (C=O) groups excluding carboxylic acids is 1. The number of nitrogens with zero attached hydrogens (tertiary/aromatic N) is 2. The summed E-state index contributed by atoms with van der Waals surface area (Å²) < 4.78 is 10.4. The van der Waals surface area contributed by atoms with Crippen LogP contribution in [-0.2, 0) is 4.79 Å². The quantitative estimate of drug-likeness (QED) is 0.705. The van der Waals surface area contributed by atoms with Crippen molar-refractivity contribution >= 4 is 18.3 Å². The van der Waals surface area contributed by atoms with E-state index in [2.05, 4.69) is 20.8 Å². The van der Waals surface area contributed by atoms with Crippen LogP contribution in [0.5, 0.6) is 5.75 Å². The van der Waals surface area contributed by atoms with Crippen LogP contribution in [0.3, 0.4) is 0 Å². The van der Waals surface area contributed by atoms with Gasteiger partial charge in [-0.2, -0.15) is 4.98 Å². The minimum absolute atomic E-state index is 0. The SMILES string of the molecule is CNCCCC(=O)NC(c1noc(C)n1)c1ccccc1OC.Cl. The van der Waals surface area contributed by atoms with Crippen molar-refractivity contribution < 1.29 is 14.1 Å². The van der Waals surface area contributed by atoms with Crippen molar-refractivity contribution in [1.29, 1.82) is 0 Å². The number of rotatable bonds is 8. The molecule has 0 saturated heterocycles. The summed E-state index contributed by atoms with van der Waals surface area (Å²) in [5.41, 5.74) is 0.790. The number of aromatic nitrogens is 2. The monoisotopic (exact) mass is 354 g/mol. The van der Waals surface area contributed by atoms with Gasteiger partial charge in [-0.15, -0.1) is 12.4 Å². The predicted octanol–water partition coefficient (Wildman–Crippen LogP) is 2.01. The third kappa shape index (κ3) is 5.21. The second-order valence-electron chi connectivity index (χ2n) is 5.12. The Labute approximate surface area is 147 Å². The fourth-order valence-electron chi connectivity index (χ4n) is 2.28. The van der Waals surface area contributed by atoms with Gasteiger partial charge in [0.2, 0.25) is 11.8 Å². The number of carbonyl (C=O) groups is 1. The molecule has 24 heavy (non-hydrogen) atoms. The highest BCUT2D eigenvalue weighted by Gasteiger charge is 2.24. The zero-order chi connectivity index (χ0) is 16.7. The lowest BCUT2D eigenvalue weighted by Gasteiger charge is -2.18. The average Bonchev–Trinajstić information content (AvgIpc) is 2.99. The van der Waals surface area contributed by atoms with E-state index in [1.54, 1.807) is 14.0 Å². The Bertz CT molecular complexity index is 648. The molecule has 1 aromatic heterocycles. The van der Waals surface area contributed by atoms with Gasteiger partial charge in [0.25, 0.3) is 0 Å². The largest absolute Gasteiger partial charge is 0.496 e. The molecule has 2 N–H and O–H groups in total. The highest BCUT2D eigenvalue weighted by atomic mass is 35.5. The van der Waals surface area contributed by atoms with Gasteiger partial charge in [-0.05, 0) is 26.1 Å². The molecule has 1 atom stereocenters. The molecule has 1 aromatic carbocycles. The number of hydrogen-bond acceptors (Lipinski definition) is 6. The first-order valence-electron chi connectivity index (χ1n) is 7.52. The van der Waals surface area contributed by atoms with E-state index >= 15 is 0 Å². The van der Waals surface area contributed by atoms with Gasteiger partial charge in [0.05, 0.1) is 7.11 Å². The summed E-state index contributed by atoms with van der Waals surface area (Å²) in [5, 5.41) is 9.94. The maximum atomic E-state index is 12.2. The van der Waals surface area contributed by atoms with Crippen molar-refractivity contribution in [3.8, 4) is 5.75 Å². The number of benzene rings is 1. The van der Waals surface area contributed by atoms with Crippen LogP contribution in [-0.4, -0.2) is 36.8 Å². The van der Waals surface area contributed by atoms with E-state index in [-0.39, 0.29) is 18.3 Å². The van der Waals surface area contributed by atoms with Crippen LogP contribution in [0.1, 0.15) is 36.2 Å². The topological polar surface area (TPSA) is 89.3 Å². The van der Waals surface area contributed by atoms with Gasteiger partial charge in [-0.25, -0.2) is 0 Å². The lowest BCUT2D eigenvalue weighted by atomic mass is 10.0. The summed E-state index contributed by atoms with van der Waals surface area (Å²) in [6.07, 6.45) is 1.18. The smallest absolute Gasteiger partial charge is 0.223 e. The summed E-state index contributed by atoms with van der Waals surface area (Å²) in [5.74, 6) is 1.45. The van der Waals surface area contributed by atoms with E-state index in [0.717, 1.165) is 18.5 Å². The molecule has 0 aliphatic carbocycles. The number of para-hydroxylation sites is 1. The van der Waals surface area contributed by atoms with Crippen LogP contribution < -0.4 is 15.4 Å². The van der Waals surface area contributed by atoms with Gasteiger partial charge in [0.15, 0.2) is 5.82 Å². The molecule has 0 saturated carbocycles. The minimum Gasteiger partial charge on any atom is -0.496 e. The lowest BCUT2D eigenvalue weighted by molar-refractivity contribution is -0.121. The Balaban J connectivity index is 0.00000288. The van der Waals surface area contributed by atoms with Gasteiger partial charge in [0, 0.05) is 18.9 Å². The predicted molar refractivity (Wildman–Crippen MR) is 92.4 cm³/mol. The Morgan fingerprint density at radius 1 is 1.38 bits per heavy atom. The highest BCUT2D eigenvalue weighted by molar-refractivity contribution is 5.85. The molecule has 2 aromatic rings. The lowest BCUT2D eigenvalue weighted by Crippen LogP contribution is -2.30. The van der Waals surface area contributed by atoms with Crippen LogP contribution in [0.2, 0.25) is 0 Å². The first-order valence-corrected chi connectivity index (χ1v) is 7.52. The van der Waals surface area contributed by atoms with Gasteiger partial charge in [-0.3, -0.25) is 4.79 Å². The van der Waals surface area contributed by atoms with Crippen LogP contribution in [0.25, 0.3) is 0 Å². The summed E-state index contributed by atoms with van der Waals surface area (Å²) in [4.78, 5) is 16.5. The molecule has 1 amide bonds. The molecular weight excluding hydrogens is 332 g/mol. The van der Waals surface area contributed by atoms with E-state index < -0.39 is 6.04 Å². The molecule has 7 nitrogen and oxygen atoms in total. The third-order valence-corrected chi connectivity index (χ3v) is 3.39. The highest BCUT2D eigenvalue weighted by Crippen LogP contribution is 2.28. The second kappa shape index (κ2) is 9.89. The number of ether oxygens (including phenoxy) is 1. The number of nitrogens with one attached hydrogen (secondary N) is 2. The molecule has 0 fully saturated rings. The van der Waals surface area contributed by atoms with Crippen molar-refractivity contribution in [2.75, 3.05) is 20.7 Å². The third-order valence-electron chi connectivity index (χ3n) is 3.39. The Morgan fingerprint density at radius 2 is 2.12 bits per heavy atom. The molecule has 0 aliphatic rings. The first kappa shape index (κ1) is 19.9. The maximum absolute atomic E-state index is 12.2. The van der Waals surface area contributed by atoms with Crippen molar-refractivity contribution in [3.63, 3.8) is 0 Å². The molecule has 2 rings (SSSR count). The molecule has 0 aliphatic heterocycles. The standard InChI is InChI=1S/C16H22N4O3.ClH/c1-11-18-16(20-23-11)15(19-14(21)9-6-10-17-2)12-7-4-5-8-13(12)22-3;/h4-5,7-8,15,17H,6,9-10H2,1-3H3,(H,19,21);1H. The maximum Gasteiger partial charge on any atom is 0.223 e. The number of halogens is 1. The van der Waals surface area contributed by atoms with Gasteiger partial charge in [0.1, 0.15) is 11.8 Å². The van der Waals surface area contributed by atoms with E-state index in [4.69, 9.17) is 9.26 Å². The molecule has 132 valence electrons. The van der Waals surface area contributed by atoms with Crippen LogP contribution in [0.4, 0.5) is 0 Å². The molecule has 0 spiro atoms. The van der Waals surface area contributed by atoms with Gasteiger partial charge < -0.3 is 19.9 Å². The minimum atomic E-state index is -0.509. The van der Waals surface area contributed by atoms with Crippen LogP contribution in [0, 0.1) is 6.92 Å². The van der Waals surface area contributed by atoms with E-state index in [9.17, 15) is 4.79 Å². The van der Waals surface area contributed by atoms with Crippen molar-refractivity contribution in [2.24, 2.45) is 0 Å². The van der Waals surface area contributed by atoms with Crippen molar-refractivity contribution in [3.05, 3.63) is 41.5 Å². The van der Waals surface area contributed by atoms with Crippen molar-refractivity contribution in [2.45, 2.75) is 25.8 Å². The van der Waals surface area contributed by atoms with Gasteiger partial charge >= 0.3 is 0 Å². The van der Waals surface area contributed by atoms with E-state index in [0.29, 0.717) is 23.9 Å². The van der Waals surface area contributed by atoms with E-state index in [1.165, 1.54) is 0 Å². The number of hydrogen-bond donors (Lipinski definition) is 2. The fourth-order valence-corrected chi connectivity index (χ4v) is 2.28. The Morgan fingerprint density at radius 3 is 2.75 bits per heavy atom.